The Labute approximate surface area is 151 Å². The van der Waals surface area contributed by atoms with E-state index >= 15 is 0 Å². The lowest BCUT2D eigenvalue weighted by Crippen LogP contribution is -2.26. The molecule has 2 aromatic rings. The number of nitrogens with zero attached hydrogens (tertiary/aromatic N) is 1. The van der Waals surface area contributed by atoms with Crippen LogP contribution in [0, 0.1) is 11.3 Å². The third kappa shape index (κ3) is 5.18. The first-order chi connectivity index (χ1) is 12.4. The van der Waals surface area contributed by atoms with Crippen LogP contribution in [0.25, 0.3) is 0 Å². The van der Waals surface area contributed by atoms with Crippen molar-refractivity contribution in [3.8, 4) is 6.07 Å². The third-order valence-corrected chi connectivity index (χ3v) is 5.34. The zero-order chi connectivity index (χ0) is 17.3. The number of nitriles is 1. The first-order valence-electron chi connectivity index (χ1n) is 9.64. The van der Waals surface area contributed by atoms with E-state index in [1.807, 2.05) is 18.2 Å². The lowest BCUT2D eigenvalue weighted by molar-refractivity contribution is 0.460. The predicted octanol–water partition coefficient (Wildman–Crippen LogP) is 4.98. The van der Waals surface area contributed by atoms with Gasteiger partial charge < -0.3 is 5.32 Å². The molecule has 0 aliphatic carbocycles. The molecule has 2 heteroatoms. The van der Waals surface area contributed by atoms with Crippen LogP contribution in [0.5, 0.6) is 0 Å². The summed E-state index contributed by atoms with van der Waals surface area (Å²) >= 11 is 0. The summed E-state index contributed by atoms with van der Waals surface area (Å²) in [6.45, 7) is 2.31. The number of piperidine rings is 1. The van der Waals surface area contributed by atoms with Gasteiger partial charge in [0.2, 0.25) is 0 Å². The maximum absolute atomic E-state index is 9.13. The predicted molar refractivity (Wildman–Crippen MR) is 104 cm³/mol. The van der Waals surface area contributed by atoms with Crippen molar-refractivity contribution in [1.82, 2.24) is 5.32 Å². The molecule has 2 nitrogen and oxygen atoms in total. The summed E-state index contributed by atoms with van der Waals surface area (Å²) in [7, 11) is 0. The van der Waals surface area contributed by atoms with Gasteiger partial charge in [0.1, 0.15) is 0 Å². The van der Waals surface area contributed by atoms with Gasteiger partial charge in [-0.15, -0.1) is 0 Å². The molecule has 1 aliphatic rings. The Hall–Kier alpha value is -2.11. The Kier molecular flexibility index (Phi) is 6.65. The highest BCUT2D eigenvalue weighted by atomic mass is 14.9. The van der Waals surface area contributed by atoms with Crippen molar-refractivity contribution < 1.29 is 0 Å². The van der Waals surface area contributed by atoms with Crippen LogP contribution in [-0.2, 0) is 12.8 Å². The van der Waals surface area contributed by atoms with Crippen molar-refractivity contribution >= 4 is 0 Å². The van der Waals surface area contributed by atoms with Gasteiger partial charge in [-0.05, 0) is 80.3 Å². The number of hydrogen-bond donors (Lipinski definition) is 1. The van der Waals surface area contributed by atoms with Gasteiger partial charge in [0, 0.05) is 0 Å². The summed E-state index contributed by atoms with van der Waals surface area (Å²) in [5.74, 6) is 0.746. The molecule has 3 rings (SSSR count). The second-order valence-corrected chi connectivity index (χ2v) is 7.10. The van der Waals surface area contributed by atoms with Crippen molar-refractivity contribution in [1.29, 1.82) is 5.26 Å². The molecule has 0 bridgehead atoms. The van der Waals surface area contributed by atoms with Gasteiger partial charge in [-0.1, -0.05) is 48.9 Å². The molecule has 0 unspecified atom stereocenters. The van der Waals surface area contributed by atoms with Crippen molar-refractivity contribution in [2.24, 2.45) is 0 Å². The quantitative estimate of drug-likeness (QED) is 0.726. The maximum Gasteiger partial charge on any atom is 0.0994 e. The second-order valence-electron chi connectivity index (χ2n) is 7.10. The Morgan fingerprint density at radius 1 is 0.880 bits per heavy atom. The average molecular weight is 332 g/mol. The molecule has 0 aromatic heterocycles. The Morgan fingerprint density at radius 2 is 1.60 bits per heavy atom. The largest absolute Gasteiger partial charge is 0.317 e. The van der Waals surface area contributed by atoms with Gasteiger partial charge in [-0.3, -0.25) is 0 Å². The molecule has 0 radical (unpaired) electrons. The molecule has 2 aromatic carbocycles. The zero-order valence-corrected chi connectivity index (χ0v) is 15.0. The molecule has 1 saturated heterocycles. The summed E-state index contributed by atoms with van der Waals surface area (Å²) in [5.41, 5.74) is 4.99. The van der Waals surface area contributed by atoms with Gasteiger partial charge in [0.15, 0.2) is 0 Å². The topological polar surface area (TPSA) is 35.8 Å². The molecular formula is C23H28N2. The zero-order valence-electron chi connectivity index (χ0n) is 15.0. The summed E-state index contributed by atoms with van der Waals surface area (Å²) in [5, 5.41) is 12.6. The Morgan fingerprint density at radius 3 is 2.36 bits per heavy atom. The van der Waals surface area contributed by atoms with Crippen LogP contribution in [-0.4, -0.2) is 13.1 Å². The normalized spacial score (nSPS) is 15.0. The Bertz CT molecular complexity index is 691. The highest BCUT2D eigenvalue weighted by Gasteiger charge is 2.14. The van der Waals surface area contributed by atoms with E-state index in [9.17, 15) is 0 Å². The van der Waals surface area contributed by atoms with E-state index in [1.165, 1.54) is 42.4 Å². The van der Waals surface area contributed by atoms with E-state index in [2.05, 4.69) is 41.7 Å². The van der Waals surface area contributed by atoms with Gasteiger partial charge in [0.25, 0.3) is 0 Å². The van der Waals surface area contributed by atoms with Crippen molar-refractivity contribution in [3.05, 3.63) is 70.8 Å². The maximum atomic E-state index is 9.13. The highest BCUT2D eigenvalue weighted by molar-refractivity contribution is 5.37. The average Bonchev–Trinajstić information content (AvgIpc) is 2.69. The van der Waals surface area contributed by atoms with Gasteiger partial charge in [-0.2, -0.15) is 5.26 Å². The molecule has 1 heterocycles. The summed E-state index contributed by atoms with van der Waals surface area (Å²) < 4.78 is 0. The van der Waals surface area contributed by atoms with Crippen LogP contribution in [0.15, 0.2) is 48.5 Å². The smallest absolute Gasteiger partial charge is 0.0994 e. The van der Waals surface area contributed by atoms with E-state index in [0.29, 0.717) is 0 Å². The molecule has 130 valence electrons. The monoisotopic (exact) mass is 332 g/mol. The number of nitrogens with one attached hydrogen (secondary N) is 1. The van der Waals surface area contributed by atoms with Gasteiger partial charge >= 0.3 is 0 Å². The van der Waals surface area contributed by atoms with Crippen molar-refractivity contribution in [3.63, 3.8) is 0 Å². The first-order valence-corrected chi connectivity index (χ1v) is 9.64. The highest BCUT2D eigenvalue weighted by Crippen LogP contribution is 2.25. The minimum atomic E-state index is 0.746. The summed E-state index contributed by atoms with van der Waals surface area (Å²) in [4.78, 5) is 0. The summed E-state index contributed by atoms with van der Waals surface area (Å²) in [6.07, 6.45) is 8.31. The molecule has 0 amide bonds. The number of unbranched alkanes of at least 4 members (excludes halogenated alkanes) is 2. The van der Waals surface area contributed by atoms with Crippen LogP contribution < -0.4 is 5.32 Å². The number of rotatable bonds is 7. The molecule has 0 spiro atoms. The fourth-order valence-corrected chi connectivity index (χ4v) is 3.78. The third-order valence-electron chi connectivity index (χ3n) is 5.34. The lowest BCUT2D eigenvalue weighted by Gasteiger charge is -2.23. The van der Waals surface area contributed by atoms with E-state index in [1.54, 1.807) is 0 Å². The number of benzene rings is 2. The SMILES string of the molecule is N#Cc1ccccc1CCCCCc1ccc(C2CCNCC2)cc1. The van der Waals surface area contributed by atoms with Crippen molar-refractivity contribution in [2.75, 3.05) is 13.1 Å². The second kappa shape index (κ2) is 9.39. The molecule has 0 saturated carbocycles. The van der Waals surface area contributed by atoms with Crippen molar-refractivity contribution in [2.45, 2.75) is 50.9 Å². The standard InChI is InChI=1S/C23H28N2/c24-18-23-9-5-4-8-20(23)7-3-1-2-6-19-10-12-21(13-11-19)22-14-16-25-17-15-22/h4-5,8-13,22,25H,1-3,6-7,14-17H2. The summed E-state index contributed by atoms with van der Waals surface area (Å²) in [6, 6.07) is 19.6. The van der Waals surface area contributed by atoms with E-state index in [4.69, 9.17) is 5.26 Å². The molecule has 1 N–H and O–H groups in total. The molecule has 25 heavy (non-hydrogen) atoms. The molecule has 0 atom stereocenters. The fraction of sp³-hybridized carbons (Fsp3) is 0.435. The van der Waals surface area contributed by atoms with Crippen LogP contribution in [0.4, 0.5) is 0 Å². The minimum Gasteiger partial charge on any atom is -0.317 e. The number of hydrogen-bond acceptors (Lipinski definition) is 2. The molecular weight excluding hydrogens is 304 g/mol. The van der Waals surface area contributed by atoms with Crippen LogP contribution in [0.1, 0.15) is 60.3 Å². The van der Waals surface area contributed by atoms with Gasteiger partial charge in [0.05, 0.1) is 11.6 Å². The lowest BCUT2D eigenvalue weighted by atomic mass is 9.89. The first kappa shape index (κ1) is 17.7. The number of aryl methyl sites for hydroxylation is 2. The minimum absolute atomic E-state index is 0.746. The van der Waals surface area contributed by atoms with Crippen LogP contribution in [0.3, 0.4) is 0 Å². The Balaban J connectivity index is 1.39. The van der Waals surface area contributed by atoms with E-state index < -0.39 is 0 Å². The molecule has 1 fully saturated rings. The van der Waals surface area contributed by atoms with Gasteiger partial charge in [-0.25, -0.2) is 0 Å². The van der Waals surface area contributed by atoms with E-state index in [-0.39, 0.29) is 0 Å². The van der Waals surface area contributed by atoms with E-state index in [0.717, 1.165) is 43.8 Å². The van der Waals surface area contributed by atoms with Crippen LogP contribution in [0.2, 0.25) is 0 Å². The van der Waals surface area contributed by atoms with Crippen LogP contribution >= 0.6 is 0 Å². The fourth-order valence-electron chi connectivity index (χ4n) is 3.78. The molecule has 1 aliphatic heterocycles.